The average Bonchev–Trinajstić information content (AvgIpc) is 3.38. The van der Waals surface area contributed by atoms with Gasteiger partial charge in [-0.15, -0.1) is 11.3 Å². The number of anilines is 1. The van der Waals surface area contributed by atoms with Crippen molar-refractivity contribution in [3.8, 4) is 17.0 Å². The molecule has 0 spiro atoms. The normalized spacial score (nSPS) is 20.3. The van der Waals surface area contributed by atoms with Crippen LogP contribution in [0.5, 0.6) is 5.75 Å². The molecular formula is C22H17ClF3N3OS. The molecule has 9 heteroatoms. The lowest BCUT2D eigenvalue weighted by Crippen LogP contribution is -2.35. The number of thiazole rings is 1. The fourth-order valence-corrected chi connectivity index (χ4v) is 5.24. The van der Waals surface area contributed by atoms with E-state index in [-0.39, 0.29) is 0 Å². The summed E-state index contributed by atoms with van der Waals surface area (Å²) in [6.45, 7) is 0. The van der Waals surface area contributed by atoms with Gasteiger partial charge in [0.1, 0.15) is 11.5 Å². The van der Waals surface area contributed by atoms with E-state index in [1.807, 2.05) is 29.6 Å². The van der Waals surface area contributed by atoms with E-state index < -0.39 is 23.8 Å². The van der Waals surface area contributed by atoms with E-state index in [0.29, 0.717) is 34.4 Å². The maximum Gasteiger partial charge on any atom is 0.431 e. The summed E-state index contributed by atoms with van der Waals surface area (Å²) in [5.41, 5.74) is 2.61. The van der Waals surface area contributed by atoms with E-state index >= 15 is 0 Å². The van der Waals surface area contributed by atoms with Gasteiger partial charge < -0.3 is 4.74 Å². The molecule has 0 amide bonds. The van der Waals surface area contributed by atoms with Crippen LogP contribution in [0.3, 0.4) is 0 Å². The topological polar surface area (TPSA) is 37.7 Å². The molecular weight excluding hydrogens is 447 g/mol. The van der Waals surface area contributed by atoms with Gasteiger partial charge in [0, 0.05) is 21.9 Å². The molecule has 0 saturated carbocycles. The van der Waals surface area contributed by atoms with Crippen molar-refractivity contribution in [2.45, 2.75) is 25.1 Å². The molecule has 2 atom stereocenters. The van der Waals surface area contributed by atoms with Gasteiger partial charge in [-0.1, -0.05) is 29.8 Å². The first-order chi connectivity index (χ1) is 14.8. The number of hydrazone groups is 1. The van der Waals surface area contributed by atoms with Gasteiger partial charge in [-0.25, -0.2) is 9.99 Å². The van der Waals surface area contributed by atoms with E-state index in [4.69, 9.17) is 16.3 Å². The molecule has 0 bridgehead atoms. The quantitative estimate of drug-likeness (QED) is 0.444. The van der Waals surface area contributed by atoms with Gasteiger partial charge in [0.05, 0.1) is 18.8 Å². The number of hydrogen-bond acceptors (Lipinski definition) is 5. The molecule has 3 aromatic rings. The molecule has 2 aromatic carbocycles. The summed E-state index contributed by atoms with van der Waals surface area (Å²) >= 11 is 7.23. The van der Waals surface area contributed by atoms with Gasteiger partial charge in [-0.2, -0.15) is 18.3 Å². The van der Waals surface area contributed by atoms with Crippen LogP contribution in [0.2, 0.25) is 5.02 Å². The zero-order valence-electron chi connectivity index (χ0n) is 16.4. The number of benzene rings is 2. The molecule has 0 N–H and O–H groups in total. The Morgan fingerprint density at radius 3 is 2.65 bits per heavy atom. The van der Waals surface area contributed by atoms with E-state index in [2.05, 4.69) is 10.1 Å². The molecule has 1 aliphatic heterocycles. The van der Waals surface area contributed by atoms with Crippen LogP contribution >= 0.6 is 22.9 Å². The van der Waals surface area contributed by atoms with E-state index in [1.54, 1.807) is 25.3 Å². The van der Waals surface area contributed by atoms with Crippen molar-refractivity contribution in [3.63, 3.8) is 0 Å². The summed E-state index contributed by atoms with van der Waals surface area (Å²) in [7, 11) is 1.58. The number of ether oxygens (including phenoxy) is 1. The van der Waals surface area contributed by atoms with Crippen molar-refractivity contribution in [2.75, 3.05) is 12.1 Å². The van der Waals surface area contributed by atoms with Crippen LogP contribution in [-0.2, 0) is 6.42 Å². The predicted molar refractivity (Wildman–Crippen MR) is 116 cm³/mol. The number of nitrogens with zero attached hydrogens (tertiary/aromatic N) is 3. The van der Waals surface area contributed by atoms with Crippen molar-refractivity contribution in [1.82, 2.24) is 4.98 Å². The monoisotopic (exact) mass is 463 g/mol. The first-order valence-electron chi connectivity index (χ1n) is 9.68. The lowest BCUT2D eigenvalue weighted by molar-refractivity contribution is -0.0626. The Labute approximate surface area is 185 Å². The summed E-state index contributed by atoms with van der Waals surface area (Å²) in [5.74, 6) is -0.0400. The van der Waals surface area contributed by atoms with Crippen LogP contribution < -0.4 is 9.75 Å². The Kier molecular flexibility index (Phi) is 4.94. The summed E-state index contributed by atoms with van der Waals surface area (Å²) < 4.78 is 46.7. The highest BCUT2D eigenvalue weighted by molar-refractivity contribution is 7.14. The van der Waals surface area contributed by atoms with Gasteiger partial charge >= 0.3 is 6.18 Å². The maximum absolute atomic E-state index is 13.8. The van der Waals surface area contributed by atoms with Gasteiger partial charge in [0.25, 0.3) is 0 Å². The highest BCUT2D eigenvalue weighted by Gasteiger charge is 2.52. The van der Waals surface area contributed by atoms with Gasteiger partial charge in [0.2, 0.25) is 5.13 Å². The number of aromatic nitrogens is 1. The third-order valence-corrected chi connectivity index (χ3v) is 6.81. The minimum Gasteiger partial charge on any atom is -0.497 e. The Bertz CT molecular complexity index is 1160. The third kappa shape index (κ3) is 3.57. The number of hydrogen-bond donors (Lipinski definition) is 0. The molecule has 2 aliphatic rings. The van der Waals surface area contributed by atoms with Crippen molar-refractivity contribution in [3.05, 3.63) is 64.0 Å². The second-order valence-electron chi connectivity index (χ2n) is 7.50. The second kappa shape index (κ2) is 7.53. The van der Waals surface area contributed by atoms with Crippen LogP contribution in [0.1, 0.15) is 23.6 Å². The van der Waals surface area contributed by atoms with E-state index in [9.17, 15) is 13.2 Å². The van der Waals surface area contributed by atoms with Crippen LogP contribution in [0.15, 0.2) is 52.9 Å². The lowest BCUT2D eigenvalue weighted by atomic mass is 9.78. The molecule has 31 heavy (non-hydrogen) atoms. The molecule has 5 rings (SSSR count). The minimum atomic E-state index is -4.49. The predicted octanol–water partition coefficient (Wildman–Crippen LogP) is 6.51. The Morgan fingerprint density at radius 2 is 1.94 bits per heavy atom. The number of alkyl halides is 3. The molecule has 0 saturated heterocycles. The van der Waals surface area contributed by atoms with Crippen LogP contribution in [0.4, 0.5) is 18.3 Å². The Morgan fingerprint density at radius 1 is 1.16 bits per heavy atom. The summed E-state index contributed by atoms with van der Waals surface area (Å²) in [6, 6.07) is 12.2. The average molecular weight is 464 g/mol. The molecule has 4 nitrogen and oxygen atoms in total. The van der Waals surface area contributed by atoms with E-state index in [1.165, 1.54) is 16.3 Å². The van der Waals surface area contributed by atoms with Crippen molar-refractivity contribution >= 4 is 33.8 Å². The largest absolute Gasteiger partial charge is 0.497 e. The smallest absolute Gasteiger partial charge is 0.431 e. The SMILES string of the molecule is COc1ccc2c(c1)CC[C@@H]1C(C(F)(F)F)=NN(c3nc(-c4ccc(Cl)cc4)cs3)[C@H]21. The van der Waals surface area contributed by atoms with Crippen molar-refractivity contribution in [1.29, 1.82) is 0 Å². The molecule has 2 heterocycles. The number of rotatable bonds is 3. The van der Waals surface area contributed by atoms with Gasteiger partial charge in [-0.3, -0.25) is 0 Å². The van der Waals surface area contributed by atoms with Crippen LogP contribution in [-0.4, -0.2) is 24.0 Å². The maximum atomic E-state index is 13.8. The molecule has 1 aromatic heterocycles. The van der Waals surface area contributed by atoms with Crippen molar-refractivity contribution < 1.29 is 17.9 Å². The fraction of sp³-hybridized carbons (Fsp3) is 0.273. The van der Waals surface area contributed by atoms with Gasteiger partial charge in [0.15, 0.2) is 0 Å². The Hall–Kier alpha value is -2.58. The van der Waals surface area contributed by atoms with Crippen LogP contribution in [0, 0.1) is 5.92 Å². The summed E-state index contributed by atoms with van der Waals surface area (Å²) in [5, 5.41) is 8.37. The lowest BCUT2D eigenvalue weighted by Gasteiger charge is -2.33. The molecule has 0 radical (unpaired) electrons. The number of halogens is 4. The number of fused-ring (bicyclic) bond motifs is 3. The zero-order valence-corrected chi connectivity index (χ0v) is 17.9. The standard InChI is InChI=1S/C22H17ClF3N3OS/c1-30-15-7-9-16-13(10-15)4-8-17-19(16)29(28-20(17)22(24,25)26)21-27-18(11-31-21)12-2-5-14(23)6-3-12/h2-3,5-7,9-11,17,19H,4,8H2,1H3/t17-,19+/m0/s1. The molecule has 0 fully saturated rings. The third-order valence-electron chi connectivity index (χ3n) is 5.72. The summed E-state index contributed by atoms with van der Waals surface area (Å²) in [4.78, 5) is 4.61. The molecule has 1 aliphatic carbocycles. The second-order valence-corrected chi connectivity index (χ2v) is 8.78. The number of methoxy groups -OCH3 is 1. The summed E-state index contributed by atoms with van der Waals surface area (Å²) in [6.07, 6.45) is -3.57. The first kappa shape index (κ1) is 20.3. The molecule has 160 valence electrons. The van der Waals surface area contributed by atoms with Gasteiger partial charge in [-0.05, 0) is 48.2 Å². The highest BCUT2D eigenvalue weighted by Crippen LogP contribution is 2.49. The number of aryl methyl sites for hydroxylation is 1. The fourth-order valence-electron chi connectivity index (χ4n) is 4.29. The van der Waals surface area contributed by atoms with Crippen LogP contribution in [0.25, 0.3) is 11.3 Å². The van der Waals surface area contributed by atoms with E-state index in [0.717, 1.165) is 16.7 Å². The Balaban J connectivity index is 1.57. The molecule has 0 unspecified atom stereocenters. The zero-order chi connectivity index (χ0) is 21.8. The van der Waals surface area contributed by atoms with Crippen molar-refractivity contribution in [2.24, 2.45) is 11.0 Å². The highest BCUT2D eigenvalue weighted by atomic mass is 35.5. The minimum absolute atomic E-state index is 0.370. The first-order valence-corrected chi connectivity index (χ1v) is 10.9.